The van der Waals surface area contributed by atoms with E-state index in [2.05, 4.69) is 18.7 Å². The van der Waals surface area contributed by atoms with Crippen molar-refractivity contribution in [2.24, 2.45) is 11.7 Å². The van der Waals surface area contributed by atoms with Crippen LogP contribution in [0, 0.1) is 5.92 Å². The fourth-order valence-corrected chi connectivity index (χ4v) is 3.72. The average molecular weight is 224 g/mol. The molecule has 94 valence electrons. The Labute approximate surface area is 101 Å². The first-order valence-corrected chi connectivity index (χ1v) is 7.20. The lowest BCUT2D eigenvalue weighted by atomic mass is 9.82. The van der Waals surface area contributed by atoms with E-state index in [1.54, 1.807) is 0 Å². The Morgan fingerprint density at radius 3 is 2.44 bits per heavy atom. The number of piperidine rings is 1. The maximum Gasteiger partial charge on any atom is 0.00980 e. The van der Waals surface area contributed by atoms with Crippen molar-refractivity contribution in [1.82, 2.24) is 4.90 Å². The van der Waals surface area contributed by atoms with Crippen molar-refractivity contribution in [1.29, 1.82) is 0 Å². The van der Waals surface area contributed by atoms with Crippen LogP contribution in [0.4, 0.5) is 0 Å². The van der Waals surface area contributed by atoms with Crippen molar-refractivity contribution < 1.29 is 0 Å². The van der Waals surface area contributed by atoms with E-state index in [1.165, 1.54) is 51.5 Å². The molecule has 2 nitrogen and oxygen atoms in total. The number of hydrogen-bond acceptors (Lipinski definition) is 2. The van der Waals surface area contributed by atoms with Crippen molar-refractivity contribution in [2.75, 3.05) is 6.54 Å². The summed E-state index contributed by atoms with van der Waals surface area (Å²) >= 11 is 0. The van der Waals surface area contributed by atoms with Crippen LogP contribution in [0.5, 0.6) is 0 Å². The molecule has 2 heteroatoms. The molecule has 0 radical (unpaired) electrons. The van der Waals surface area contributed by atoms with Crippen LogP contribution in [-0.4, -0.2) is 29.6 Å². The number of hydrogen-bond donors (Lipinski definition) is 1. The van der Waals surface area contributed by atoms with Crippen LogP contribution in [0.2, 0.25) is 0 Å². The molecule has 2 rings (SSSR count). The van der Waals surface area contributed by atoms with Gasteiger partial charge in [0.15, 0.2) is 0 Å². The summed E-state index contributed by atoms with van der Waals surface area (Å²) in [6.07, 6.45) is 9.67. The third-order valence-electron chi connectivity index (χ3n) is 4.82. The van der Waals surface area contributed by atoms with Crippen molar-refractivity contribution in [3.05, 3.63) is 0 Å². The van der Waals surface area contributed by atoms with Crippen LogP contribution in [0.3, 0.4) is 0 Å². The largest absolute Gasteiger partial charge is 0.328 e. The molecule has 2 fully saturated rings. The van der Waals surface area contributed by atoms with E-state index in [4.69, 9.17) is 5.73 Å². The molecule has 0 spiro atoms. The molecule has 3 atom stereocenters. The highest BCUT2D eigenvalue weighted by atomic mass is 15.2. The molecular weight excluding hydrogens is 196 g/mol. The smallest absolute Gasteiger partial charge is 0.00980 e. The van der Waals surface area contributed by atoms with Crippen LogP contribution in [-0.2, 0) is 0 Å². The number of likely N-dealkylation sites (tertiary alicyclic amines) is 1. The van der Waals surface area contributed by atoms with Gasteiger partial charge in [-0.25, -0.2) is 0 Å². The van der Waals surface area contributed by atoms with Crippen molar-refractivity contribution in [3.8, 4) is 0 Å². The van der Waals surface area contributed by atoms with Gasteiger partial charge in [-0.1, -0.05) is 19.3 Å². The Morgan fingerprint density at radius 1 is 1.12 bits per heavy atom. The Balaban J connectivity index is 1.90. The minimum absolute atomic E-state index is 0.449. The van der Waals surface area contributed by atoms with E-state index in [-0.39, 0.29) is 0 Å². The topological polar surface area (TPSA) is 29.3 Å². The molecule has 16 heavy (non-hydrogen) atoms. The van der Waals surface area contributed by atoms with Gasteiger partial charge in [0.2, 0.25) is 0 Å². The Bertz CT molecular complexity index is 211. The summed E-state index contributed by atoms with van der Waals surface area (Å²) in [7, 11) is 0. The monoisotopic (exact) mass is 224 g/mol. The minimum atomic E-state index is 0.449. The zero-order valence-electron chi connectivity index (χ0n) is 11.0. The molecule has 2 aliphatic rings. The Morgan fingerprint density at radius 2 is 1.81 bits per heavy atom. The second-order valence-corrected chi connectivity index (χ2v) is 6.01. The van der Waals surface area contributed by atoms with Gasteiger partial charge in [-0.3, -0.25) is 4.90 Å². The SMILES string of the molecule is CC1CC(N)CCN1C(C)C1CCCCC1. The van der Waals surface area contributed by atoms with E-state index in [1.807, 2.05) is 0 Å². The molecule has 0 amide bonds. The van der Waals surface area contributed by atoms with Gasteiger partial charge >= 0.3 is 0 Å². The van der Waals surface area contributed by atoms with Gasteiger partial charge in [-0.15, -0.1) is 0 Å². The summed E-state index contributed by atoms with van der Waals surface area (Å²) in [6, 6.07) is 1.92. The lowest BCUT2D eigenvalue weighted by Gasteiger charge is -2.44. The van der Waals surface area contributed by atoms with E-state index in [0.717, 1.165) is 12.0 Å². The first-order valence-electron chi connectivity index (χ1n) is 7.20. The van der Waals surface area contributed by atoms with E-state index < -0.39 is 0 Å². The van der Waals surface area contributed by atoms with Crippen LogP contribution in [0.1, 0.15) is 58.8 Å². The summed E-state index contributed by atoms with van der Waals surface area (Å²) in [4.78, 5) is 2.72. The molecule has 1 saturated carbocycles. The van der Waals surface area contributed by atoms with Crippen molar-refractivity contribution in [3.63, 3.8) is 0 Å². The quantitative estimate of drug-likeness (QED) is 0.781. The average Bonchev–Trinajstić information content (AvgIpc) is 2.29. The lowest BCUT2D eigenvalue weighted by Crippen LogP contribution is -2.51. The summed E-state index contributed by atoms with van der Waals surface area (Å²) in [5, 5.41) is 0. The molecule has 0 aromatic carbocycles. The molecule has 1 saturated heterocycles. The summed E-state index contributed by atoms with van der Waals surface area (Å²) in [6.45, 7) is 6.03. The van der Waals surface area contributed by atoms with E-state index >= 15 is 0 Å². The fraction of sp³-hybridized carbons (Fsp3) is 1.00. The van der Waals surface area contributed by atoms with Gasteiger partial charge in [-0.2, -0.15) is 0 Å². The third kappa shape index (κ3) is 2.78. The van der Waals surface area contributed by atoms with Gasteiger partial charge < -0.3 is 5.73 Å². The molecule has 0 aromatic rings. The molecule has 1 heterocycles. The van der Waals surface area contributed by atoms with Crippen LogP contribution >= 0.6 is 0 Å². The maximum atomic E-state index is 6.04. The zero-order valence-corrected chi connectivity index (χ0v) is 11.0. The highest BCUT2D eigenvalue weighted by Crippen LogP contribution is 2.31. The molecule has 0 aromatic heterocycles. The van der Waals surface area contributed by atoms with Crippen molar-refractivity contribution in [2.45, 2.75) is 76.9 Å². The zero-order chi connectivity index (χ0) is 11.5. The van der Waals surface area contributed by atoms with Gasteiger partial charge in [0.25, 0.3) is 0 Å². The molecule has 1 aliphatic carbocycles. The Kier molecular flexibility index (Phi) is 4.26. The first-order chi connectivity index (χ1) is 7.68. The second kappa shape index (κ2) is 5.50. The Hall–Kier alpha value is -0.0800. The van der Waals surface area contributed by atoms with E-state index in [9.17, 15) is 0 Å². The van der Waals surface area contributed by atoms with Crippen LogP contribution < -0.4 is 5.73 Å². The predicted octanol–water partition coefficient (Wildman–Crippen LogP) is 2.77. The fourth-order valence-electron chi connectivity index (χ4n) is 3.72. The van der Waals surface area contributed by atoms with Gasteiger partial charge in [0.1, 0.15) is 0 Å². The first kappa shape index (κ1) is 12.4. The number of nitrogens with two attached hydrogens (primary N) is 1. The van der Waals surface area contributed by atoms with E-state index in [0.29, 0.717) is 12.1 Å². The van der Waals surface area contributed by atoms with Gasteiger partial charge in [0.05, 0.1) is 0 Å². The lowest BCUT2D eigenvalue weighted by molar-refractivity contribution is 0.0600. The van der Waals surface area contributed by atoms with Crippen LogP contribution in [0.15, 0.2) is 0 Å². The molecular formula is C14H28N2. The number of nitrogens with zero attached hydrogens (tertiary/aromatic N) is 1. The standard InChI is InChI=1S/C14H28N2/c1-11-10-14(15)8-9-16(11)12(2)13-6-4-3-5-7-13/h11-14H,3-10,15H2,1-2H3. The molecule has 2 N–H and O–H groups in total. The summed E-state index contributed by atoms with van der Waals surface area (Å²) in [5.41, 5.74) is 6.04. The van der Waals surface area contributed by atoms with Gasteiger partial charge in [-0.05, 0) is 45.4 Å². The molecule has 3 unspecified atom stereocenters. The highest BCUT2D eigenvalue weighted by Gasteiger charge is 2.31. The van der Waals surface area contributed by atoms with Crippen LogP contribution in [0.25, 0.3) is 0 Å². The van der Waals surface area contributed by atoms with Gasteiger partial charge in [0, 0.05) is 24.7 Å². The molecule has 1 aliphatic heterocycles. The highest BCUT2D eigenvalue weighted by molar-refractivity contribution is 4.87. The minimum Gasteiger partial charge on any atom is -0.328 e. The van der Waals surface area contributed by atoms with Crippen molar-refractivity contribution >= 4 is 0 Å². The second-order valence-electron chi connectivity index (χ2n) is 6.01. The normalized spacial score (nSPS) is 36.2. The summed E-state index contributed by atoms with van der Waals surface area (Å²) < 4.78 is 0. The third-order valence-corrected chi connectivity index (χ3v) is 4.82. The predicted molar refractivity (Wildman–Crippen MR) is 69.4 cm³/mol. The number of rotatable bonds is 2. The molecule has 0 bridgehead atoms. The maximum absolute atomic E-state index is 6.04. The summed E-state index contributed by atoms with van der Waals surface area (Å²) in [5.74, 6) is 0.950.